The van der Waals surface area contributed by atoms with Crippen molar-refractivity contribution in [3.05, 3.63) is 51.1 Å². The average molecular weight is 328 g/mol. The molecule has 0 aliphatic carbocycles. The monoisotopic (exact) mass is 327 g/mol. The molecular formula is C14H11ClFNO3S. The van der Waals surface area contributed by atoms with E-state index in [1.807, 2.05) is 6.92 Å². The zero-order chi connectivity index (χ0) is 15.6. The maximum atomic E-state index is 13.7. The maximum absolute atomic E-state index is 13.7. The van der Waals surface area contributed by atoms with E-state index in [2.05, 4.69) is 5.32 Å². The van der Waals surface area contributed by atoms with Crippen molar-refractivity contribution in [2.75, 3.05) is 5.32 Å². The number of hydrogen-bond acceptors (Lipinski definition) is 3. The van der Waals surface area contributed by atoms with E-state index in [0.29, 0.717) is 6.42 Å². The summed E-state index contributed by atoms with van der Waals surface area (Å²) in [6.07, 6.45) is 0.649. The summed E-state index contributed by atoms with van der Waals surface area (Å²) in [5.41, 5.74) is -0.193. The van der Waals surface area contributed by atoms with Gasteiger partial charge in [-0.15, -0.1) is 11.3 Å². The van der Waals surface area contributed by atoms with Crippen molar-refractivity contribution in [1.29, 1.82) is 0 Å². The number of nitrogens with one attached hydrogen (secondary N) is 1. The van der Waals surface area contributed by atoms with Gasteiger partial charge in [-0.1, -0.05) is 18.5 Å². The molecule has 21 heavy (non-hydrogen) atoms. The number of carboxylic acids is 1. The van der Waals surface area contributed by atoms with Gasteiger partial charge in [0.25, 0.3) is 5.91 Å². The fourth-order valence-corrected chi connectivity index (χ4v) is 2.85. The summed E-state index contributed by atoms with van der Waals surface area (Å²) in [5.74, 6) is -2.61. The first-order chi connectivity index (χ1) is 9.92. The Morgan fingerprint density at radius 2 is 2.05 bits per heavy atom. The Labute approximate surface area is 129 Å². The van der Waals surface area contributed by atoms with Gasteiger partial charge in [0.15, 0.2) is 0 Å². The Kier molecular flexibility index (Phi) is 4.59. The quantitative estimate of drug-likeness (QED) is 0.890. The van der Waals surface area contributed by atoms with Gasteiger partial charge in [0, 0.05) is 9.90 Å². The van der Waals surface area contributed by atoms with E-state index in [9.17, 15) is 14.0 Å². The molecule has 0 unspecified atom stereocenters. The van der Waals surface area contributed by atoms with Gasteiger partial charge >= 0.3 is 5.97 Å². The van der Waals surface area contributed by atoms with E-state index in [1.165, 1.54) is 18.2 Å². The molecule has 4 nitrogen and oxygen atoms in total. The molecule has 1 heterocycles. The van der Waals surface area contributed by atoms with Crippen LogP contribution in [-0.4, -0.2) is 17.0 Å². The van der Waals surface area contributed by atoms with Crippen molar-refractivity contribution in [2.24, 2.45) is 0 Å². The lowest BCUT2D eigenvalue weighted by Crippen LogP contribution is -2.14. The third-order valence-electron chi connectivity index (χ3n) is 2.76. The van der Waals surface area contributed by atoms with Crippen LogP contribution in [0.5, 0.6) is 0 Å². The lowest BCUT2D eigenvalue weighted by atomic mass is 10.2. The number of anilines is 1. The number of amides is 1. The van der Waals surface area contributed by atoms with Crippen LogP contribution in [0.1, 0.15) is 32.5 Å². The molecule has 0 fully saturated rings. The molecule has 1 aromatic heterocycles. The molecule has 0 radical (unpaired) electrons. The topological polar surface area (TPSA) is 66.4 Å². The zero-order valence-electron chi connectivity index (χ0n) is 10.9. The summed E-state index contributed by atoms with van der Waals surface area (Å²) in [5, 5.41) is 11.9. The minimum Gasteiger partial charge on any atom is -0.478 e. The van der Waals surface area contributed by atoms with Crippen molar-refractivity contribution in [3.63, 3.8) is 0 Å². The van der Waals surface area contributed by atoms with Crippen LogP contribution in [0.4, 0.5) is 9.39 Å². The summed E-state index contributed by atoms with van der Waals surface area (Å²) in [6, 6.07) is 5.17. The van der Waals surface area contributed by atoms with E-state index in [4.69, 9.17) is 16.7 Å². The molecule has 2 aromatic rings. The number of carbonyl (C=O) groups excluding carboxylic acids is 1. The maximum Gasteiger partial charge on any atom is 0.338 e. The third kappa shape index (κ3) is 3.40. The van der Waals surface area contributed by atoms with Crippen LogP contribution in [0.2, 0.25) is 5.02 Å². The number of thiophene rings is 1. The van der Waals surface area contributed by atoms with E-state index >= 15 is 0 Å². The normalized spacial score (nSPS) is 10.4. The van der Waals surface area contributed by atoms with Crippen molar-refractivity contribution >= 4 is 39.8 Å². The second-order valence-corrected chi connectivity index (χ2v) is 5.77. The van der Waals surface area contributed by atoms with Gasteiger partial charge in [0.05, 0.1) is 11.1 Å². The molecule has 1 amide bonds. The number of carbonyl (C=O) groups is 2. The largest absolute Gasteiger partial charge is 0.478 e. The number of hydrogen-bond donors (Lipinski definition) is 2. The fraction of sp³-hybridized carbons (Fsp3) is 0.143. The van der Waals surface area contributed by atoms with Crippen LogP contribution in [0.3, 0.4) is 0 Å². The zero-order valence-corrected chi connectivity index (χ0v) is 12.5. The van der Waals surface area contributed by atoms with E-state index in [1.54, 1.807) is 0 Å². The molecular weight excluding hydrogens is 317 g/mol. The summed E-state index contributed by atoms with van der Waals surface area (Å²) in [6.45, 7) is 1.88. The Balaban J connectivity index is 2.31. The molecule has 0 spiro atoms. The Morgan fingerprint density at radius 1 is 1.33 bits per heavy atom. The van der Waals surface area contributed by atoms with Crippen LogP contribution in [0.15, 0.2) is 24.3 Å². The SMILES string of the molecule is CCc1cc(C(=O)O)c(NC(=O)c2ccc(Cl)cc2F)s1. The summed E-state index contributed by atoms with van der Waals surface area (Å²) < 4.78 is 13.7. The number of halogens is 2. The Morgan fingerprint density at radius 3 is 2.62 bits per heavy atom. The highest BCUT2D eigenvalue weighted by Gasteiger charge is 2.19. The molecule has 0 atom stereocenters. The smallest absolute Gasteiger partial charge is 0.338 e. The van der Waals surface area contributed by atoms with E-state index in [-0.39, 0.29) is 21.2 Å². The predicted molar refractivity (Wildman–Crippen MR) is 80.0 cm³/mol. The third-order valence-corrected chi connectivity index (χ3v) is 4.19. The number of aromatic carboxylic acids is 1. The van der Waals surface area contributed by atoms with Gasteiger partial charge in [-0.2, -0.15) is 0 Å². The molecule has 1 aromatic carbocycles. The predicted octanol–water partition coefficient (Wildman–Crippen LogP) is 4.05. The first-order valence-corrected chi connectivity index (χ1v) is 7.24. The molecule has 2 rings (SSSR count). The van der Waals surface area contributed by atoms with Crippen molar-refractivity contribution in [3.8, 4) is 0 Å². The number of aryl methyl sites for hydroxylation is 1. The van der Waals surface area contributed by atoms with Crippen molar-refractivity contribution in [2.45, 2.75) is 13.3 Å². The average Bonchev–Trinajstić information content (AvgIpc) is 2.81. The standard InChI is InChI=1S/C14H11ClFNO3S/c1-2-8-6-10(14(19)20)13(21-8)17-12(18)9-4-3-7(15)5-11(9)16/h3-6H,2H2,1H3,(H,17,18)(H,19,20). The highest BCUT2D eigenvalue weighted by molar-refractivity contribution is 7.16. The summed E-state index contributed by atoms with van der Waals surface area (Å²) in [7, 11) is 0. The highest BCUT2D eigenvalue weighted by Crippen LogP contribution is 2.29. The minimum absolute atomic E-state index is 0.000397. The minimum atomic E-state index is -1.14. The van der Waals surface area contributed by atoms with Gasteiger partial charge < -0.3 is 10.4 Å². The lowest BCUT2D eigenvalue weighted by Gasteiger charge is -2.05. The molecule has 110 valence electrons. The fourth-order valence-electron chi connectivity index (χ4n) is 1.71. The molecule has 0 aliphatic heterocycles. The second-order valence-electron chi connectivity index (χ2n) is 4.19. The summed E-state index contributed by atoms with van der Waals surface area (Å²) >= 11 is 6.78. The van der Waals surface area contributed by atoms with Crippen LogP contribution in [0, 0.1) is 5.82 Å². The first kappa shape index (κ1) is 15.5. The van der Waals surface area contributed by atoms with E-state index < -0.39 is 17.7 Å². The van der Waals surface area contributed by atoms with E-state index in [0.717, 1.165) is 22.3 Å². The van der Waals surface area contributed by atoms with Gasteiger partial charge in [0.1, 0.15) is 10.8 Å². The van der Waals surface area contributed by atoms with Crippen LogP contribution in [0.25, 0.3) is 0 Å². The van der Waals surface area contributed by atoms with Gasteiger partial charge in [-0.3, -0.25) is 4.79 Å². The lowest BCUT2D eigenvalue weighted by molar-refractivity contribution is 0.0698. The van der Waals surface area contributed by atoms with Crippen molar-refractivity contribution < 1.29 is 19.1 Å². The van der Waals surface area contributed by atoms with Gasteiger partial charge in [-0.25, -0.2) is 9.18 Å². The van der Waals surface area contributed by atoms with Crippen molar-refractivity contribution in [1.82, 2.24) is 0 Å². The Bertz CT molecular complexity index is 714. The number of carboxylic acid groups (broad SMARTS) is 1. The molecule has 2 N–H and O–H groups in total. The molecule has 7 heteroatoms. The number of benzene rings is 1. The van der Waals surface area contributed by atoms with Crippen LogP contribution >= 0.6 is 22.9 Å². The first-order valence-electron chi connectivity index (χ1n) is 6.04. The molecule has 0 saturated carbocycles. The second kappa shape index (κ2) is 6.24. The number of rotatable bonds is 4. The Hall–Kier alpha value is -1.92. The van der Waals surface area contributed by atoms with Gasteiger partial charge in [-0.05, 0) is 30.7 Å². The molecule has 0 saturated heterocycles. The van der Waals surface area contributed by atoms with Gasteiger partial charge in [0.2, 0.25) is 0 Å². The molecule has 0 bridgehead atoms. The summed E-state index contributed by atoms with van der Waals surface area (Å²) in [4.78, 5) is 24.0. The highest BCUT2D eigenvalue weighted by atomic mass is 35.5. The van der Waals surface area contributed by atoms with Crippen LogP contribution < -0.4 is 5.32 Å². The molecule has 0 aliphatic rings. The van der Waals surface area contributed by atoms with Crippen LogP contribution in [-0.2, 0) is 6.42 Å².